The van der Waals surface area contributed by atoms with Gasteiger partial charge in [-0.1, -0.05) is 29.3 Å². The van der Waals surface area contributed by atoms with E-state index in [0.717, 1.165) is 18.4 Å². The zero-order valence-electron chi connectivity index (χ0n) is 13.5. The van der Waals surface area contributed by atoms with Crippen LogP contribution in [0.25, 0.3) is 0 Å². The van der Waals surface area contributed by atoms with Crippen molar-refractivity contribution >= 4 is 41.5 Å². The lowest BCUT2D eigenvalue weighted by Gasteiger charge is -2.38. The smallest absolute Gasteiger partial charge is 0.239 e. The first-order valence-corrected chi connectivity index (χ1v) is 8.29. The van der Waals surface area contributed by atoms with Crippen LogP contribution in [0, 0.1) is 0 Å². The van der Waals surface area contributed by atoms with Crippen LogP contribution in [-0.4, -0.2) is 45.4 Å². The maximum absolute atomic E-state index is 12.1. The van der Waals surface area contributed by atoms with Crippen molar-refractivity contribution in [2.24, 2.45) is 5.73 Å². The Morgan fingerprint density at radius 3 is 2.67 bits per heavy atom. The number of amides is 1. The molecule has 0 bridgehead atoms. The number of benzene rings is 1. The van der Waals surface area contributed by atoms with Crippen LogP contribution in [0.1, 0.15) is 18.4 Å². The van der Waals surface area contributed by atoms with Crippen LogP contribution < -0.4 is 11.1 Å². The molecule has 1 aliphatic heterocycles. The predicted molar refractivity (Wildman–Crippen MR) is 98.3 cm³/mol. The molecule has 5 nitrogen and oxygen atoms in total. The summed E-state index contributed by atoms with van der Waals surface area (Å²) < 4.78 is 10.4. The molecule has 1 saturated heterocycles. The number of nitrogens with one attached hydrogen (secondary N) is 1. The largest absolute Gasteiger partial charge is 0.383 e. The molecular formula is C16H23Cl3N2O3. The summed E-state index contributed by atoms with van der Waals surface area (Å²) in [7, 11) is 1.51. The molecule has 1 aromatic carbocycles. The van der Waals surface area contributed by atoms with Crippen LogP contribution in [0.15, 0.2) is 18.2 Å². The van der Waals surface area contributed by atoms with E-state index in [1.54, 1.807) is 6.07 Å². The van der Waals surface area contributed by atoms with Gasteiger partial charge in [-0.25, -0.2) is 0 Å². The summed E-state index contributed by atoms with van der Waals surface area (Å²) >= 11 is 12.4. The van der Waals surface area contributed by atoms with Crippen LogP contribution in [0.5, 0.6) is 0 Å². The van der Waals surface area contributed by atoms with E-state index in [4.69, 9.17) is 38.4 Å². The number of nitrogens with two attached hydrogens (primary N) is 1. The number of rotatable bonds is 6. The van der Waals surface area contributed by atoms with E-state index in [0.29, 0.717) is 29.8 Å². The van der Waals surface area contributed by atoms with Crippen LogP contribution in [0.4, 0.5) is 0 Å². The fourth-order valence-electron chi connectivity index (χ4n) is 2.87. The highest BCUT2D eigenvalue weighted by Gasteiger charge is 2.36. The van der Waals surface area contributed by atoms with Gasteiger partial charge in [-0.3, -0.25) is 4.79 Å². The summed E-state index contributed by atoms with van der Waals surface area (Å²) in [5.74, 6) is -0.234. The number of carbonyl (C=O) groups is 1. The van der Waals surface area contributed by atoms with Crippen LogP contribution in [-0.2, 0) is 19.7 Å². The second-order valence-electron chi connectivity index (χ2n) is 5.80. The van der Waals surface area contributed by atoms with Crippen LogP contribution in [0.3, 0.4) is 0 Å². The second kappa shape index (κ2) is 9.80. The van der Waals surface area contributed by atoms with E-state index in [2.05, 4.69) is 5.32 Å². The average molecular weight is 398 g/mol. The Kier molecular flexibility index (Phi) is 8.77. The zero-order chi connectivity index (χ0) is 16.9. The minimum Gasteiger partial charge on any atom is -0.383 e. The number of ether oxygens (including phenoxy) is 2. The first-order valence-electron chi connectivity index (χ1n) is 7.54. The van der Waals surface area contributed by atoms with E-state index in [9.17, 15) is 4.79 Å². The number of carbonyl (C=O) groups excluding carboxylic acids is 1. The van der Waals surface area contributed by atoms with E-state index >= 15 is 0 Å². The standard InChI is InChI=1S/C16H22Cl2N2O3.ClH/c1-22-9-14(19)15(21)20-10-16(4-6-23-7-5-16)12-3-2-11(17)8-13(12)18;/h2-3,8,14H,4-7,9-10,19H2,1H3,(H,20,21);1H. The molecule has 1 aromatic rings. The van der Waals surface area contributed by atoms with Gasteiger partial charge in [0.25, 0.3) is 0 Å². The molecule has 0 aromatic heterocycles. The molecule has 1 unspecified atom stereocenters. The van der Waals surface area contributed by atoms with E-state index in [1.165, 1.54) is 7.11 Å². The lowest BCUT2D eigenvalue weighted by Crippen LogP contribution is -2.50. The summed E-state index contributed by atoms with van der Waals surface area (Å²) in [6, 6.07) is 4.79. The first-order chi connectivity index (χ1) is 11.0. The van der Waals surface area contributed by atoms with Crippen molar-refractivity contribution in [3.05, 3.63) is 33.8 Å². The lowest BCUT2D eigenvalue weighted by atomic mass is 9.74. The fraction of sp³-hybridized carbons (Fsp3) is 0.562. The highest BCUT2D eigenvalue weighted by molar-refractivity contribution is 6.35. The molecular weight excluding hydrogens is 375 g/mol. The quantitative estimate of drug-likeness (QED) is 0.773. The van der Waals surface area contributed by atoms with Gasteiger partial charge < -0.3 is 20.5 Å². The van der Waals surface area contributed by atoms with Crippen molar-refractivity contribution in [1.29, 1.82) is 0 Å². The molecule has 0 saturated carbocycles. The van der Waals surface area contributed by atoms with Crippen molar-refractivity contribution in [1.82, 2.24) is 5.32 Å². The maximum atomic E-state index is 12.1. The third-order valence-corrected chi connectivity index (χ3v) is 4.78. The Bertz CT molecular complexity index is 551. The summed E-state index contributed by atoms with van der Waals surface area (Å²) in [5.41, 5.74) is 6.47. The Morgan fingerprint density at radius 2 is 2.08 bits per heavy atom. The van der Waals surface area contributed by atoms with E-state index in [-0.39, 0.29) is 30.3 Å². The molecule has 136 valence electrons. The van der Waals surface area contributed by atoms with E-state index in [1.807, 2.05) is 12.1 Å². The maximum Gasteiger partial charge on any atom is 0.239 e. The highest BCUT2D eigenvalue weighted by Crippen LogP contribution is 2.39. The number of halogens is 3. The Labute approximate surface area is 158 Å². The molecule has 1 amide bonds. The van der Waals surface area contributed by atoms with Gasteiger partial charge in [0.05, 0.1) is 6.61 Å². The molecule has 0 spiro atoms. The van der Waals surface area contributed by atoms with Crippen molar-refractivity contribution < 1.29 is 14.3 Å². The van der Waals surface area contributed by atoms with Crippen LogP contribution >= 0.6 is 35.6 Å². The van der Waals surface area contributed by atoms with Gasteiger partial charge in [-0.15, -0.1) is 12.4 Å². The van der Waals surface area contributed by atoms with Gasteiger partial charge >= 0.3 is 0 Å². The normalized spacial score (nSPS) is 17.7. The van der Waals surface area contributed by atoms with Gasteiger partial charge in [-0.2, -0.15) is 0 Å². The Hall–Kier alpha value is -0.560. The Balaban J connectivity index is 0.00000288. The third-order valence-electron chi connectivity index (χ3n) is 4.24. The average Bonchev–Trinajstić information content (AvgIpc) is 2.53. The van der Waals surface area contributed by atoms with E-state index < -0.39 is 6.04 Å². The van der Waals surface area contributed by atoms with Crippen molar-refractivity contribution in [3.8, 4) is 0 Å². The summed E-state index contributed by atoms with van der Waals surface area (Å²) in [4.78, 5) is 12.1. The topological polar surface area (TPSA) is 73.6 Å². The predicted octanol–water partition coefficient (Wildman–Crippen LogP) is 2.55. The molecule has 1 heterocycles. The van der Waals surface area contributed by atoms with Gasteiger partial charge in [0.1, 0.15) is 6.04 Å². The lowest BCUT2D eigenvalue weighted by molar-refractivity contribution is -0.124. The molecule has 0 radical (unpaired) electrons. The number of hydrogen-bond donors (Lipinski definition) is 2. The molecule has 0 aliphatic carbocycles. The highest BCUT2D eigenvalue weighted by atomic mass is 35.5. The van der Waals surface area contributed by atoms with Crippen molar-refractivity contribution in [2.75, 3.05) is 33.5 Å². The molecule has 1 aliphatic rings. The zero-order valence-corrected chi connectivity index (χ0v) is 15.8. The van der Waals surface area contributed by atoms with Gasteiger partial charge in [0, 0.05) is 42.3 Å². The molecule has 2 rings (SSSR count). The monoisotopic (exact) mass is 396 g/mol. The minimum atomic E-state index is -0.683. The molecule has 8 heteroatoms. The SMILES string of the molecule is COCC(N)C(=O)NCC1(c2ccc(Cl)cc2Cl)CCOCC1.Cl. The minimum absolute atomic E-state index is 0. The Morgan fingerprint density at radius 1 is 1.42 bits per heavy atom. The van der Waals surface area contributed by atoms with Crippen molar-refractivity contribution in [2.45, 2.75) is 24.3 Å². The molecule has 24 heavy (non-hydrogen) atoms. The van der Waals surface area contributed by atoms with Gasteiger partial charge in [0.2, 0.25) is 5.91 Å². The molecule has 1 atom stereocenters. The number of methoxy groups -OCH3 is 1. The number of hydrogen-bond acceptors (Lipinski definition) is 4. The van der Waals surface area contributed by atoms with Crippen LogP contribution in [0.2, 0.25) is 10.0 Å². The summed E-state index contributed by atoms with van der Waals surface area (Å²) in [5, 5.41) is 4.12. The third kappa shape index (κ3) is 5.22. The summed E-state index contributed by atoms with van der Waals surface area (Å²) in [6.07, 6.45) is 1.54. The summed E-state index contributed by atoms with van der Waals surface area (Å²) in [6.45, 7) is 1.88. The second-order valence-corrected chi connectivity index (χ2v) is 6.64. The fourth-order valence-corrected chi connectivity index (χ4v) is 3.47. The van der Waals surface area contributed by atoms with Gasteiger partial charge in [0.15, 0.2) is 0 Å². The molecule has 1 fully saturated rings. The first kappa shape index (κ1) is 21.5. The van der Waals surface area contributed by atoms with Gasteiger partial charge in [-0.05, 0) is 30.5 Å². The molecule has 3 N–H and O–H groups in total. The van der Waals surface area contributed by atoms with Crippen molar-refractivity contribution in [3.63, 3.8) is 0 Å².